The van der Waals surface area contributed by atoms with E-state index in [9.17, 15) is 9.59 Å². The van der Waals surface area contributed by atoms with Crippen LogP contribution in [0.1, 0.15) is 22.9 Å². The molecular formula is C31H27ClN8O4. The van der Waals surface area contributed by atoms with E-state index in [1.165, 1.54) is 17.1 Å². The fraction of sp³-hybridized carbons (Fsp3) is 0.129. The second-order valence-electron chi connectivity index (χ2n) is 9.47. The number of aromatic nitrogens is 6. The number of anilines is 1. The number of rotatable bonds is 11. The Morgan fingerprint density at radius 3 is 2.57 bits per heavy atom. The molecule has 0 saturated carbocycles. The van der Waals surface area contributed by atoms with Crippen molar-refractivity contribution in [2.45, 2.75) is 12.5 Å². The number of halogens is 1. The van der Waals surface area contributed by atoms with Gasteiger partial charge in [0.2, 0.25) is 5.91 Å². The van der Waals surface area contributed by atoms with E-state index in [2.05, 4.69) is 36.4 Å². The maximum Gasteiger partial charge on any atom is 0.411 e. The number of hydrogen-bond donors (Lipinski definition) is 3. The number of tetrazole rings is 1. The normalized spacial score (nSPS) is 11.7. The molecule has 0 radical (unpaired) electrons. The molecule has 2 heterocycles. The highest BCUT2D eigenvalue weighted by atomic mass is 35.5. The number of aliphatic hydroxyl groups is 1. The molecule has 12 nitrogen and oxygen atoms in total. The smallest absolute Gasteiger partial charge is 0.411 e. The molecule has 5 aromatic rings. The van der Waals surface area contributed by atoms with Crippen LogP contribution in [0.2, 0.25) is 5.02 Å². The zero-order valence-corrected chi connectivity index (χ0v) is 24.0. The quantitative estimate of drug-likeness (QED) is 0.184. The van der Waals surface area contributed by atoms with Gasteiger partial charge in [-0.2, -0.15) is 14.9 Å². The molecule has 2 aromatic heterocycles. The van der Waals surface area contributed by atoms with Crippen molar-refractivity contribution in [3.05, 3.63) is 119 Å². The largest absolute Gasteiger partial charge is 0.447 e. The van der Waals surface area contributed by atoms with Gasteiger partial charge in [-0.15, -0.1) is 5.10 Å². The van der Waals surface area contributed by atoms with Gasteiger partial charge >= 0.3 is 6.09 Å². The van der Waals surface area contributed by atoms with Crippen LogP contribution in [0.4, 0.5) is 10.5 Å². The average Bonchev–Trinajstić information content (AvgIpc) is 3.58. The minimum absolute atomic E-state index is 0.0891. The molecule has 0 aliphatic carbocycles. The van der Waals surface area contributed by atoms with Crippen LogP contribution in [-0.2, 0) is 16.0 Å². The number of aliphatic hydroxyl groups excluding tert-OH is 1. The number of nitrogens with one attached hydrogen (secondary N) is 2. The molecule has 3 aromatic carbocycles. The van der Waals surface area contributed by atoms with Gasteiger partial charge in [0, 0.05) is 27.9 Å². The molecule has 0 saturated heterocycles. The van der Waals surface area contributed by atoms with Crippen LogP contribution in [0.5, 0.6) is 0 Å². The molecule has 2 amide bonds. The summed E-state index contributed by atoms with van der Waals surface area (Å²) in [6, 6.07) is 23.4. The Kier molecular flexibility index (Phi) is 9.98. The summed E-state index contributed by atoms with van der Waals surface area (Å²) in [6.45, 7) is -0.343. The van der Waals surface area contributed by atoms with Crippen LogP contribution >= 0.6 is 11.6 Å². The fourth-order valence-corrected chi connectivity index (χ4v) is 4.53. The lowest BCUT2D eigenvalue weighted by atomic mass is 10.00. The van der Waals surface area contributed by atoms with Crippen molar-refractivity contribution < 1.29 is 19.4 Å². The molecule has 13 heteroatoms. The topological polar surface area (TPSA) is 157 Å². The van der Waals surface area contributed by atoms with E-state index in [0.717, 1.165) is 16.7 Å². The zero-order valence-electron chi connectivity index (χ0n) is 23.2. The number of carbonyl (C=O) groups is 2. The highest BCUT2D eigenvalue weighted by molar-refractivity contribution is 6.30. The third kappa shape index (κ3) is 8.09. The molecule has 3 N–H and O–H groups in total. The predicted octanol–water partition coefficient (Wildman–Crippen LogP) is 4.43. The summed E-state index contributed by atoms with van der Waals surface area (Å²) in [7, 11) is 0. The van der Waals surface area contributed by atoms with Crippen molar-refractivity contribution in [3.63, 3.8) is 0 Å². The first kappa shape index (κ1) is 30.0. The highest BCUT2D eigenvalue weighted by Gasteiger charge is 2.18. The van der Waals surface area contributed by atoms with Crippen molar-refractivity contribution in [2.75, 3.05) is 18.5 Å². The summed E-state index contributed by atoms with van der Waals surface area (Å²) in [6.07, 6.45) is 5.98. The Bertz CT molecular complexity index is 1730. The van der Waals surface area contributed by atoms with Crippen molar-refractivity contribution in [2.24, 2.45) is 0 Å². The van der Waals surface area contributed by atoms with Gasteiger partial charge in [-0.3, -0.25) is 10.1 Å². The maximum atomic E-state index is 13.2. The Balaban J connectivity index is 1.36. The van der Waals surface area contributed by atoms with E-state index >= 15 is 0 Å². The maximum absolute atomic E-state index is 13.2. The Morgan fingerprint density at radius 2 is 1.82 bits per heavy atom. The first-order valence-corrected chi connectivity index (χ1v) is 13.9. The van der Waals surface area contributed by atoms with Crippen LogP contribution in [-0.4, -0.2) is 60.7 Å². The first-order valence-electron chi connectivity index (χ1n) is 13.5. The number of benzene rings is 3. The standard InChI is InChI=1S/C31H27ClN8O4/c32-25-9-12-29(40-20-34-38-39-40)23(17-25)8-13-30(42)36-27(16-21-4-2-1-3-5-21)28-18-24(19-33-37-28)22-6-10-26(11-7-22)35-31(43)44-15-14-41/h1-13,17-20,27,41H,14-16H2,(H,35,43)(H,36,42)/b13-8+/t27-/m0/s1. The fourth-order valence-electron chi connectivity index (χ4n) is 4.35. The first-order chi connectivity index (χ1) is 21.5. The molecular weight excluding hydrogens is 584 g/mol. The summed E-state index contributed by atoms with van der Waals surface area (Å²) < 4.78 is 6.32. The summed E-state index contributed by atoms with van der Waals surface area (Å²) in [5, 5.41) is 34.8. The van der Waals surface area contributed by atoms with Gasteiger partial charge in [-0.05, 0) is 70.4 Å². The Labute approximate surface area is 257 Å². The number of hydrogen-bond acceptors (Lipinski definition) is 9. The second kappa shape index (κ2) is 14.6. The molecule has 0 fully saturated rings. The molecule has 1 atom stereocenters. The third-order valence-electron chi connectivity index (χ3n) is 6.42. The molecule has 0 unspecified atom stereocenters. The van der Waals surface area contributed by atoms with E-state index < -0.39 is 12.1 Å². The predicted molar refractivity (Wildman–Crippen MR) is 164 cm³/mol. The number of carbonyl (C=O) groups excluding carboxylic acids is 2. The van der Waals surface area contributed by atoms with E-state index in [-0.39, 0.29) is 19.1 Å². The van der Waals surface area contributed by atoms with Gasteiger partial charge in [0.15, 0.2) is 0 Å². The molecule has 0 spiro atoms. The molecule has 0 aliphatic rings. The van der Waals surface area contributed by atoms with Gasteiger partial charge in [0.1, 0.15) is 12.9 Å². The van der Waals surface area contributed by atoms with Crippen LogP contribution in [0.3, 0.4) is 0 Å². The Hall–Kier alpha value is -5.46. The number of nitrogens with zero attached hydrogens (tertiary/aromatic N) is 6. The summed E-state index contributed by atoms with van der Waals surface area (Å²) >= 11 is 6.22. The lowest BCUT2D eigenvalue weighted by molar-refractivity contribution is -0.117. The third-order valence-corrected chi connectivity index (χ3v) is 6.65. The zero-order chi connectivity index (χ0) is 30.7. The van der Waals surface area contributed by atoms with Crippen molar-refractivity contribution >= 4 is 35.4 Å². The lowest BCUT2D eigenvalue weighted by Gasteiger charge is -2.18. The molecule has 222 valence electrons. The van der Waals surface area contributed by atoms with Gasteiger partial charge < -0.3 is 15.2 Å². The van der Waals surface area contributed by atoms with Crippen LogP contribution in [0.25, 0.3) is 22.9 Å². The van der Waals surface area contributed by atoms with Crippen molar-refractivity contribution in [3.8, 4) is 16.8 Å². The van der Waals surface area contributed by atoms with Crippen LogP contribution in [0, 0.1) is 0 Å². The minimum atomic E-state index is -0.657. The molecule has 0 aliphatic heterocycles. The van der Waals surface area contributed by atoms with E-state index in [4.69, 9.17) is 21.4 Å². The van der Waals surface area contributed by atoms with E-state index in [1.807, 2.05) is 48.5 Å². The van der Waals surface area contributed by atoms with E-state index in [1.54, 1.807) is 42.6 Å². The van der Waals surface area contributed by atoms with Gasteiger partial charge in [0.25, 0.3) is 0 Å². The summed E-state index contributed by atoms with van der Waals surface area (Å²) in [5.41, 5.74) is 5.02. The highest BCUT2D eigenvalue weighted by Crippen LogP contribution is 2.25. The van der Waals surface area contributed by atoms with Gasteiger partial charge in [-0.1, -0.05) is 54.1 Å². The van der Waals surface area contributed by atoms with Crippen LogP contribution < -0.4 is 10.6 Å². The SMILES string of the molecule is O=C(/C=C/c1cc(Cl)ccc1-n1cnnn1)N[C@@H](Cc1ccccc1)c1cc(-c2ccc(NC(=O)OCCO)cc2)cnn1. The Morgan fingerprint density at radius 1 is 1.00 bits per heavy atom. The lowest BCUT2D eigenvalue weighted by Crippen LogP contribution is -2.29. The van der Waals surface area contributed by atoms with Crippen LogP contribution in [0.15, 0.2) is 97.5 Å². The van der Waals surface area contributed by atoms with Gasteiger partial charge in [0.05, 0.1) is 30.2 Å². The molecule has 44 heavy (non-hydrogen) atoms. The average molecular weight is 611 g/mol. The monoisotopic (exact) mass is 610 g/mol. The minimum Gasteiger partial charge on any atom is -0.447 e. The van der Waals surface area contributed by atoms with E-state index in [0.29, 0.717) is 34.1 Å². The summed E-state index contributed by atoms with van der Waals surface area (Å²) in [4.78, 5) is 25.0. The van der Waals surface area contributed by atoms with Gasteiger partial charge in [-0.25, -0.2) is 4.79 Å². The summed E-state index contributed by atoms with van der Waals surface area (Å²) in [5.74, 6) is -0.343. The number of amides is 2. The van der Waals surface area contributed by atoms with Crippen molar-refractivity contribution in [1.29, 1.82) is 0 Å². The van der Waals surface area contributed by atoms with Crippen molar-refractivity contribution in [1.82, 2.24) is 35.7 Å². The molecule has 5 rings (SSSR count). The number of ether oxygens (including phenoxy) is 1. The second-order valence-corrected chi connectivity index (χ2v) is 9.91. The molecule has 0 bridgehead atoms.